The molecule has 0 amide bonds. The zero-order chi connectivity index (χ0) is 16.7. The number of hydrogen-bond acceptors (Lipinski definition) is 3. The van der Waals surface area contributed by atoms with Crippen LogP contribution in [0.3, 0.4) is 0 Å². The molecule has 1 aromatic carbocycles. The molecular formula is C19H24N2O2. The third-order valence-electron chi connectivity index (χ3n) is 3.72. The van der Waals surface area contributed by atoms with Crippen molar-refractivity contribution in [3.8, 4) is 5.75 Å². The van der Waals surface area contributed by atoms with Gasteiger partial charge in [0.25, 0.3) is 0 Å². The van der Waals surface area contributed by atoms with E-state index < -0.39 is 0 Å². The van der Waals surface area contributed by atoms with Crippen LogP contribution in [-0.2, 0) is 0 Å². The molecule has 1 unspecified atom stereocenters. The van der Waals surface area contributed by atoms with Gasteiger partial charge in [0.05, 0.1) is 18.5 Å². The molecule has 1 N–H and O–H groups in total. The van der Waals surface area contributed by atoms with Crippen molar-refractivity contribution in [2.45, 2.75) is 26.3 Å². The number of aromatic nitrogens is 2. The summed E-state index contributed by atoms with van der Waals surface area (Å²) in [4.78, 5) is 4.48. The van der Waals surface area contributed by atoms with Crippen molar-refractivity contribution in [1.29, 1.82) is 0 Å². The van der Waals surface area contributed by atoms with E-state index in [4.69, 9.17) is 4.74 Å². The van der Waals surface area contributed by atoms with Crippen LogP contribution in [0.25, 0.3) is 11.0 Å². The van der Waals surface area contributed by atoms with Gasteiger partial charge in [-0.15, -0.1) is 0 Å². The lowest BCUT2D eigenvalue weighted by molar-refractivity contribution is 0.269. The Hall–Kier alpha value is -2.33. The van der Waals surface area contributed by atoms with E-state index in [2.05, 4.69) is 21.7 Å². The van der Waals surface area contributed by atoms with E-state index in [0.717, 1.165) is 22.3 Å². The molecule has 0 aliphatic rings. The van der Waals surface area contributed by atoms with E-state index in [1.807, 2.05) is 50.4 Å². The third-order valence-corrected chi connectivity index (χ3v) is 3.72. The molecule has 0 saturated carbocycles. The average molecular weight is 312 g/mol. The Labute approximate surface area is 137 Å². The summed E-state index contributed by atoms with van der Waals surface area (Å²) in [5, 5.41) is 10.4. The van der Waals surface area contributed by atoms with Gasteiger partial charge >= 0.3 is 0 Å². The second kappa shape index (κ2) is 8.34. The fourth-order valence-corrected chi connectivity index (χ4v) is 2.73. The van der Waals surface area contributed by atoms with Crippen molar-refractivity contribution in [3.63, 3.8) is 0 Å². The first-order chi connectivity index (χ1) is 11.3. The highest BCUT2D eigenvalue weighted by Crippen LogP contribution is 2.30. The SMILES string of the molecule is CC.COc1ccnc2c1ccn2C(CCO)c1ccccc1. The Morgan fingerprint density at radius 3 is 2.52 bits per heavy atom. The van der Waals surface area contributed by atoms with E-state index in [1.165, 1.54) is 0 Å². The number of hydrogen-bond donors (Lipinski definition) is 1. The summed E-state index contributed by atoms with van der Waals surface area (Å²) in [6.07, 6.45) is 4.40. The number of rotatable bonds is 5. The van der Waals surface area contributed by atoms with Crippen LogP contribution in [-0.4, -0.2) is 28.4 Å². The summed E-state index contributed by atoms with van der Waals surface area (Å²) >= 11 is 0. The van der Waals surface area contributed by atoms with Gasteiger partial charge in [0.15, 0.2) is 0 Å². The van der Waals surface area contributed by atoms with Crippen LogP contribution in [0.4, 0.5) is 0 Å². The highest BCUT2D eigenvalue weighted by atomic mass is 16.5. The van der Waals surface area contributed by atoms with Gasteiger partial charge in [0.1, 0.15) is 11.4 Å². The van der Waals surface area contributed by atoms with Crippen LogP contribution in [0.1, 0.15) is 31.9 Å². The molecule has 2 aromatic heterocycles. The molecule has 0 radical (unpaired) electrons. The third kappa shape index (κ3) is 3.54. The zero-order valence-corrected chi connectivity index (χ0v) is 13.9. The Morgan fingerprint density at radius 1 is 1.13 bits per heavy atom. The highest BCUT2D eigenvalue weighted by Gasteiger charge is 2.17. The summed E-state index contributed by atoms with van der Waals surface area (Å²) in [6.45, 7) is 4.13. The Balaban J connectivity index is 0.000000924. The molecule has 3 rings (SSSR count). The van der Waals surface area contributed by atoms with Crippen LogP contribution in [0.2, 0.25) is 0 Å². The zero-order valence-electron chi connectivity index (χ0n) is 13.9. The summed E-state index contributed by atoms with van der Waals surface area (Å²) in [5.41, 5.74) is 2.03. The Bertz CT molecular complexity index is 723. The summed E-state index contributed by atoms with van der Waals surface area (Å²) in [6, 6.07) is 14.1. The number of aliphatic hydroxyl groups is 1. The molecule has 0 aliphatic heterocycles. The summed E-state index contributed by atoms with van der Waals surface area (Å²) < 4.78 is 7.48. The Kier molecular flexibility index (Phi) is 6.18. The van der Waals surface area contributed by atoms with Gasteiger partial charge in [0, 0.05) is 19.0 Å². The molecule has 4 heteroatoms. The van der Waals surface area contributed by atoms with Crippen molar-refractivity contribution in [2.24, 2.45) is 0 Å². The van der Waals surface area contributed by atoms with E-state index in [1.54, 1.807) is 13.3 Å². The number of ether oxygens (including phenoxy) is 1. The fourth-order valence-electron chi connectivity index (χ4n) is 2.73. The number of methoxy groups -OCH3 is 1. The van der Waals surface area contributed by atoms with Gasteiger partial charge in [-0.05, 0) is 24.1 Å². The molecule has 0 spiro atoms. The number of benzene rings is 1. The van der Waals surface area contributed by atoms with E-state index in [0.29, 0.717) is 6.42 Å². The first kappa shape index (κ1) is 17.0. The molecule has 2 heterocycles. The van der Waals surface area contributed by atoms with Gasteiger partial charge < -0.3 is 14.4 Å². The summed E-state index contributed by atoms with van der Waals surface area (Å²) in [5.74, 6) is 0.814. The number of nitrogens with zero attached hydrogens (tertiary/aromatic N) is 2. The van der Waals surface area contributed by atoms with Gasteiger partial charge in [-0.25, -0.2) is 4.98 Å². The molecule has 0 saturated heterocycles. The number of aliphatic hydroxyl groups excluding tert-OH is 1. The first-order valence-corrected chi connectivity index (χ1v) is 8.00. The molecule has 0 aliphatic carbocycles. The highest BCUT2D eigenvalue weighted by molar-refractivity contribution is 5.83. The fraction of sp³-hybridized carbons (Fsp3) is 0.316. The predicted molar refractivity (Wildman–Crippen MR) is 93.9 cm³/mol. The van der Waals surface area contributed by atoms with Crippen molar-refractivity contribution < 1.29 is 9.84 Å². The molecule has 122 valence electrons. The lowest BCUT2D eigenvalue weighted by Gasteiger charge is -2.19. The van der Waals surface area contributed by atoms with Crippen molar-refractivity contribution >= 4 is 11.0 Å². The first-order valence-electron chi connectivity index (χ1n) is 8.00. The molecule has 1 atom stereocenters. The van der Waals surface area contributed by atoms with Crippen molar-refractivity contribution in [2.75, 3.05) is 13.7 Å². The monoisotopic (exact) mass is 312 g/mol. The molecule has 4 nitrogen and oxygen atoms in total. The molecule has 0 fully saturated rings. The normalized spacial score (nSPS) is 11.7. The maximum atomic E-state index is 9.41. The van der Waals surface area contributed by atoms with Crippen LogP contribution < -0.4 is 4.74 Å². The lowest BCUT2D eigenvalue weighted by atomic mass is 10.0. The summed E-state index contributed by atoms with van der Waals surface area (Å²) in [7, 11) is 1.66. The van der Waals surface area contributed by atoms with Gasteiger partial charge in [0.2, 0.25) is 0 Å². The van der Waals surface area contributed by atoms with Gasteiger partial charge in [-0.1, -0.05) is 44.2 Å². The van der Waals surface area contributed by atoms with Crippen LogP contribution in [0, 0.1) is 0 Å². The van der Waals surface area contributed by atoms with E-state index >= 15 is 0 Å². The molecule has 3 aromatic rings. The molecular weight excluding hydrogens is 288 g/mol. The minimum Gasteiger partial charge on any atom is -0.496 e. The quantitative estimate of drug-likeness (QED) is 0.773. The maximum absolute atomic E-state index is 9.41. The second-order valence-corrected chi connectivity index (χ2v) is 4.91. The average Bonchev–Trinajstić information content (AvgIpc) is 3.06. The lowest BCUT2D eigenvalue weighted by Crippen LogP contribution is -2.12. The topological polar surface area (TPSA) is 47.3 Å². The van der Waals surface area contributed by atoms with Crippen molar-refractivity contribution in [1.82, 2.24) is 9.55 Å². The number of fused-ring (bicyclic) bond motifs is 1. The molecule has 0 bridgehead atoms. The van der Waals surface area contributed by atoms with Crippen LogP contribution in [0.15, 0.2) is 54.9 Å². The second-order valence-electron chi connectivity index (χ2n) is 4.91. The van der Waals surface area contributed by atoms with E-state index in [9.17, 15) is 5.11 Å². The number of pyridine rings is 1. The molecule has 23 heavy (non-hydrogen) atoms. The Morgan fingerprint density at radius 2 is 1.87 bits per heavy atom. The minimum absolute atomic E-state index is 0.0632. The minimum atomic E-state index is 0.0632. The smallest absolute Gasteiger partial charge is 0.144 e. The standard InChI is InChI=1S/C17H18N2O2.C2H6/c1-21-16-7-10-18-17-14(16)8-11-19(17)15(9-12-20)13-5-3-2-4-6-13;1-2/h2-8,10-11,15,20H,9,12H2,1H3;1-2H3. The largest absolute Gasteiger partial charge is 0.496 e. The van der Waals surface area contributed by atoms with Gasteiger partial charge in [-0.2, -0.15) is 0 Å². The van der Waals surface area contributed by atoms with Crippen LogP contribution >= 0.6 is 0 Å². The van der Waals surface area contributed by atoms with Crippen LogP contribution in [0.5, 0.6) is 5.75 Å². The van der Waals surface area contributed by atoms with Gasteiger partial charge in [-0.3, -0.25) is 0 Å². The predicted octanol–water partition coefficient (Wildman–Crippen LogP) is 4.04. The maximum Gasteiger partial charge on any atom is 0.144 e. The van der Waals surface area contributed by atoms with E-state index in [-0.39, 0.29) is 12.6 Å². The van der Waals surface area contributed by atoms with Crippen molar-refractivity contribution in [3.05, 3.63) is 60.4 Å².